The number of halogens is 1. The minimum atomic E-state index is 0.579. The summed E-state index contributed by atoms with van der Waals surface area (Å²) >= 11 is 3.56. The fourth-order valence-corrected chi connectivity index (χ4v) is 2.55. The first-order valence-corrected chi connectivity index (χ1v) is 6.39. The van der Waals surface area contributed by atoms with E-state index < -0.39 is 0 Å². The van der Waals surface area contributed by atoms with Crippen LogP contribution in [0, 0.1) is 0 Å². The Balaban J connectivity index is 2.30. The van der Waals surface area contributed by atoms with E-state index in [0.717, 1.165) is 24.0 Å². The highest BCUT2D eigenvalue weighted by atomic mass is 79.9. The van der Waals surface area contributed by atoms with E-state index in [4.69, 9.17) is 5.73 Å². The van der Waals surface area contributed by atoms with Crippen LogP contribution in [0.15, 0.2) is 34.3 Å². The van der Waals surface area contributed by atoms with Gasteiger partial charge in [0.05, 0.1) is 0 Å². The lowest BCUT2D eigenvalue weighted by atomic mass is 10.1. The van der Waals surface area contributed by atoms with Crippen LogP contribution < -0.4 is 10.6 Å². The standard InChI is InChI=1S/C13H17BrN2/c1-10-5-7-16(8-6-10)13-4-2-3-12(14)11(13)9-15/h2-5H,6-9,15H2,1H3. The van der Waals surface area contributed by atoms with Gasteiger partial charge in [-0.15, -0.1) is 0 Å². The molecule has 16 heavy (non-hydrogen) atoms. The molecule has 0 unspecified atom stereocenters. The molecule has 0 fully saturated rings. The van der Waals surface area contributed by atoms with Crippen molar-refractivity contribution in [2.24, 2.45) is 5.73 Å². The van der Waals surface area contributed by atoms with Crippen molar-refractivity contribution in [3.8, 4) is 0 Å². The SMILES string of the molecule is CC1=CCN(c2cccc(Br)c2CN)CC1. The number of hydrogen-bond acceptors (Lipinski definition) is 2. The maximum atomic E-state index is 5.81. The third kappa shape index (κ3) is 2.30. The fraction of sp³-hybridized carbons (Fsp3) is 0.385. The predicted molar refractivity (Wildman–Crippen MR) is 72.6 cm³/mol. The van der Waals surface area contributed by atoms with Crippen LogP contribution in [0.2, 0.25) is 0 Å². The van der Waals surface area contributed by atoms with Gasteiger partial charge in [-0.1, -0.05) is 33.6 Å². The zero-order valence-corrected chi connectivity index (χ0v) is 11.1. The van der Waals surface area contributed by atoms with Gasteiger partial charge in [0.25, 0.3) is 0 Å². The molecule has 2 nitrogen and oxygen atoms in total. The third-order valence-corrected chi connectivity index (χ3v) is 3.82. The molecular formula is C13H17BrN2. The van der Waals surface area contributed by atoms with Crippen molar-refractivity contribution in [3.05, 3.63) is 39.9 Å². The molecule has 1 aromatic rings. The normalized spacial score (nSPS) is 16.2. The summed E-state index contributed by atoms with van der Waals surface area (Å²) < 4.78 is 1.11. The highest BCUT2D eigenvalue weighted by Crippen LogP contribution is 2.29. The number of anilines is 1. The molecule has 1 aliphatic heterocycles. The van der Waals surface area contributed by atoms with Crippen LogP contribution >= 0.6 is 15.9 Å². The van der Waals surface area contributed by atoms with Crippen LogP contribution in [0.3, 0.4) is 0 Å². The Kier molecular flexibility index (Phi) is 3.66. The van der Waals surface area contributed by atoms with Crippen LogP contribution in [0.1, 0.15) is 18.9 Å². The average molecular weight is 281 g/mol. The van der Waals surface area contributed by atoms with Gasteiger partial charge in [0.1, 0.15) is 0 Å². The zero-order valence-electron chi connectivity index (χ0n) is 9.54. The maximum absolute atomic E-state index is 5.81. The van der Waals surface area contributed by atoms with Gasteiger partial charge in [-0.3, -0.25) is 0 Å². The smallest absolute Gasteiger partial charge is 0.0426 e. The highest BCUT2D eigenvalue weighted by Gasteiger charge is 2.14. The molecule has 0 aromatic heterocycles. The molecule has 0 saturated heterocycles. The van der Waals surface area contributed by atoms with Crippen LogP contribution in [-0.4, -0.2) is 13.1 Å². The Hall–Kier alpha value is -0.800. The first kappa shape index (κ1) is 11.7. The van der Waals surface area contributed by atoms with E-state index in [9.17, 15) is 0 Å². The quantitative estimate of drug-likeness (QED) is 0.844. The van der Waals surface area contributed by atoms with Crippen LogP contribution in [0.4, 0.5) is 5.69 Å². The summed E-state index contributed by atoms with van der Waals surface area (Å²) in [6.45, 7) is 4.86. The molecular weight excluding hydrogens is 264 g/mol. The molecule has 1 aliphatic rings. The molecule has 1 aromatic carbocycles. The lowest BCUT2D eigenvalue weighted by Crippen LogP contribution is -2.29. The summed E-state index contributed by atoms with van der Waals surface area (Å²) in [6, 6.07) is 6.28. The van der Waals surface area contributed by atoms with Gasteiger partial charge in [0, 0.05) is 35.4 Å². The van der Waals surface area contributed by atoms with E-state index in [0.29, 0.717) is 6.54 Å². The summed E-state index contributed by atoms with van der Waals surface area (Å²) in [7, 11) is 0. The Morgan fingerprint density at radius 2 is 2.25 bits per heavy atom. The number of hydrogen-bond donors (Lipinski definition) is 1. The minimum absolute atomic E-state index is 0.579. The van der Waals surface area contributed by atoms with Gasteiger partial charge >= 0.3 is 0 Å². The topological polar surface area (TPSA) is 29.3 Å². The Morgan fingerprint density at radius 3 is 2.88 bits per heavy atom. The van der Waals surface area contributed by atoms with Crippen LogP contribution in [0.25, 0.3) is 0 Å². The van der Waals surface area contributed by atoms with Gasteiger partial charge < -0.3 is 10.6 Å². The van der Waals surface area contributed by atoms with Crippen molar-refractivity contribution in [3.63, 3.8) is 0 Å². The summed E-state index contributed by atoms with van der Waals surface area (Å²) in [6.07, 6.45) is 3.45. The summed E-state index contributed by atoms with van der Waals surface area (Å²) in [5.74, 6) is 0. The van der Waals surface area contributed by atoms with Crippen LogP contribution in [0.5, 0.6) is 0 Å². The summed E-state index contributed by atoms with van der Waals surface area (Å²) in [4.78, 5) is 2.39. The van der Waals surface area contributed by atoms with Crippen molar-refractivity contribution in [1.82, 2.24) is 0 Å². The Bertz CT molecular complexity index is 412. The molecule has 0 atom stereocenters. The van der Waals surface area contributed by atoms with Gasteiger partial charge in [0.15, 0.2) is 0 Å². The molecule has 0 radical (unpaired) electrons. The third-order valence-electron chi connectivity index (χ3n) is 3.08. The average Bonchev–Trinajstić information content (AvgIpc) is 2.30. The molecule has 0 aliphatic carbocycles. The van der Waals surface area contributed by atoms with E-state index in [-0.39, 0.29) is 0 Å². The predicted octanol–water partition coefficient (Wildman–Crippen LogP) is 3.06. The molecule has 0 spiro atoms. The van der Waals surface area contributed by atoms with E-state index in [1.54, 1.807) is 0 Å². The molecule has 86 valence electrons. The molecule has 1 heterocycles. The second-order valence-electron chi connectivity index (χ2n) is 4.19. The largest absolute Gasteiger partial charge is 0.367 e. The van der Waals surface area contributed by atoms with Crippen molar-refractivity contribution in [1.29, 1.82) is 0 Å². The number of rotatable bonds is 2. The van der Waals surface area contributed by atoms with E-state index >= 15 is 0 Å². The first-order chi connectivity index (χ1) is 7.72. The molecule has 0 saturated carbocycles. The summed E-state index contributed by atoms with van der Waals surface area (Å²) in [5, 5.41) is 0. The maximum Gasteiger partial charge on any atom is 0.0426 e. The molecule has 0 amide bonds. The molecule has 2 rings (SSSR count). The second kappa shape index (κ2) is 5.02. The minimum Gasteiger partial charge on any atom is -0.367 e. The lowest BCUT2D eigenvalue weighted by molar-refractivity contribution is 0.781. The van der Waals surface area contributed by atoms with Crippen LogP contribution in [-0.2, 0) is 6.54 Å². The monoisotopic (exact) mass is 280 g/mol. The van der Waals surface area contributed by atoms with Gasteiger partial charge in [-0.2, -0.15) is 0 Å². The van der Waals surface area contributed by atoms with Crippen molar-refractivity contribution >= 4 is 21.6 Å². The summed E-state index contributed by atoms with van der Waals surface area (Å²) in [5.41, 5.74) is 9.77. The lowest BCUT2D eigenvalue weighted by Gasteiger charge is -2.29. The molecule has 2 N–H and O–H groups in total. The van der Waals surface area contributed by atoms with E-state index in [1.165, 1.54) is 16.8 Å². The van der Waals surface area contributed by atoms with Gasteiger partial charge in [-0.25, -0.2) is 0 Å². The first-order valence-electron chi connectivity index (χ1n) is 5.60. The fourth-order valence-electron chi connectivity index (χ4n) is 2.04. The van der Waals surface area contributed by atoms with Gasteiger partial charge in [0.2, 0.25) is 0 Å². The van der Waals surface area contributed by atoms with Gasteiger partial charge in [-0.05, 0) is 25.5 Å². The zero-order chi connectivity index (χ0) is 11.5. The second-order valence-corrected chi connectivity index (χ2v) is 5.04. The Labute approximate surface area is 105 Å². The number of nitrogens with two attached hydrogens (primary N) is 1. The highest BCUT2D eigenvalue weighted by molar-refractivity contribution is 9.10. The van der Waals surface area contributed by atoms with E-state index in [1.807, 2.05) is 0 Å². The number of benzene rings is 1. The molecule has 0 bridgehead atoms. The van der Waals surface area contributed by atoms with E-state index in [2.05, 4.69) is 52.0 Å². The van der Waals surface area contributed by atoms with Crippen molar-refractivity contribution in [2.45, 2.75) is 19.9 Å². The molecule has 3 heteroatoms. The van der Waals surface area contributed by atoms with Crippen molar-refractivity contribution in [2.75, 3.05) is 18.0 Å². The number of nitrogens with zero attached hydrogens (tertiary/aromatic N) is 1. The van der Waals surface area contributed by atoms with Crippen molar-refractivity contribution < 1.29 is 0 Å². The Morgan fingerprint density at radius 1 is 1.44 bits per heavy atom.